The molecule has 6 atom stereocenters. The first-order valence-corrected chi connectivity index (χ1v) is 12.4. The fourth-order valence-corrected chi connectivity index (χ4v) is 7.02. The number of likely N-dealkylation sites (tertiary alicyclic amines) is 1. The predicted molar refractivity (Wildman–Crippen MR) is 121 cm³/mol. The van der Waals surface area contributed by atoms with Crippen LogP contribution in [0.3, 0.4) is 0 Å². The van der Waals surface area contributed by atoms with Crippen LogP contribution in [0.2, 0.25) is 0 Å². The third-order valence-corrected chi connectivity index (χ3v) is 8.85. The number of benzene rings is 1. The Labute approximate surface area is 198 Å². The average molecular weight is 464 g/mol. The Kier molecular flexibility index (Phi) is 5.12. The normalized spacial score (nSPS) is 37.3. The number of esters is 1. The van der Waals surface area contributed by atoms with Gasteiger partial charge in [0.15, 0.2) is 12.4 Å². The fraction of sp³-hybridized carbons (Fsp3) is 0.556. The van der Waals surface area contributed by atoms with Crippen LogP contribution < -0.4 is 4.74 Å². The molecule has 178 valence electrons. The van der Waals surface area contributed by atoms with Crippen molar-refractivity contribution in [1.82, 2.24) is 4.90 Å². The summed E-state index contributed by atoms with van der Waals surface area (Å²) in [4.78, 5) is 53.1. The summed E-state index contributed by atoms with van der Waals surface area (Å²) in [6.45, 7) is -0.296. The van der Waals surface area contributed by atoms with Crippen LogP contribution >= 0.6 is 0 Å². The molecule has 0 spiro atoms. The maximum atomic E-state index is 13.3. The van der Waals surface area contributed by atoms with E-state index in [2.05, 4.69) is 12.2 Å². The van der Waals surface area contributed by atoms with Crippen LogP contribution in [0.5, 0.6) is 5.75 Å². The Morgan fingerprint density at radius 2 is 1.50 bits per heavy atom. The molecule has 1 aromatic rings. The predicted octanol–water partition coefficient (Wildman–Crippen LogP) is 3.03. The number of ether oxygens (including phenoxy) is 2. The molecule has 34 heavy (non-hydrogen) atoms. The number of Topliss-reactive ketones (excluding diaryl/α,β-unsaturated/α-hetero) is 1. The van der Waals surface area contributed by atoms with E-state index in [4.69, 9.17) is 9.47 Å². The number of ketones is 1. The van der Waals surface area contributed by atoms with Gasteiger partial charge in [-0.1, -0.05) is 12.2 Å². The molecular weight excluding hydrogens is 434 g/mol. The Hall–Kier alpha value is -2.96. The second kappa shape index (κ2) is 8.07. The third-order valence-electron chi connectivity index (χ3n) is 8.85. The minimum Gasteiger partial charge on any atom is -0.497 e. The van der Waals surface area contributed by atoms with E-state index in [1.807, 2.05) is 0 Å². The number of allylic oxidation sites excluding steroid dienone is 2. The van der Waals surface area contributed by atoms with Crippen molar-refractivity contribution in [1.29, 1.82) is 0 Å². The summed E-state index contributed by atoms with van der Waals surface area (Å²) < 4.78 is 10.4. The first-order valence-electron chi connectivity index (χ1n) is 12.4. The summed E-state index contributed by atoms with van der Waals surface area (Å²) in [5.41, 5.74) is 0.464. The van der Waals surface area contributed by atoms with Gasteiger partial charge in [0.2, 0.25) is 11.8 Å². The molecule has 1 saturated heterocycles. The van der Waals surface area contributed by atoms with Gasteiger partial charge in [-0.25, -0.2) is 0 Å². The van der Waals surface area contributed by atoms with Crippen molar-refractivity contribution in [3.8, 4) is 5.75 Å². The molecule has 2 amide bonds. The van der Waals surface area contributed by atoms with E-state index in [0.717, 1.165) is 6.42 Å². The molecule has 3 saturated carbocycles. The standard InChI is InChI=1S/C27H29NO6/c1-33-17-8-4-14(5-9-17)22(29)13-34-27(32)15-2-6-16(7-3-15)28-25(30)23-18-10-11-19(21-12-20(18)21)24(23)26(28)31/h4-5,8-11,15-16,18-21,23-24H,2-3,6-7,12-13H2,1H3/t15?,16?,18-,19+,20-,21-,23+,24-/m1/s1. The molecule has 7 rings (SSSR count). The number of methoxy groups -OCH3 is 1. The summed E-state index contributed by atoms with van der Waals surface area (Å²) in [5, 5.41) is 0. The molecule has 7 heteroatoms. The van der Waals surface area contributed by atoms with Crippen LogP contribution in [-0.4, -0.2) is 48.2 Å². The van der Waals surface area contributed by atoms with Gasteiger partial charge in [0, 0.05) is 11.6 Å². The Morgan fingerprint density at radius 3 is 2.06 bits per heavy atom. The zero-order chi connectivity index (χ0) is 23.6. The molecule has 4 fully saturated rings. The van der Waals surface area contributed by atoms with Gasteiger partial charge < -0.3 is 9.47 Å². The van der Waals surface area contributed by atoms with E-state index >= 15 is 0 Å². The van der Waals surface area contributed by atoms with Crippen molar-refractivity contribution in [2.45, 2.75) is 38.1 Å². The molecular formula is C27H29NO6. The lowest BCUT2D eigenvalue weighted by Gasteiger charge is -2.37. The number of amides is 2. The van der Waals surface area contributed by atoms with Gasteiger partial charge in [0.25, 0.3) is 0 Å². The summed E-state index contributed by atoms with van der Waals surface area (Å²) >= 11 is 0. The highest BCUT2D eigenvalue weighted by Gasteiger charge is 2.67. The largest absolute Gasteiger partial charge is 0.497 e. The number of nitrogens with zero attached hydrogens (tertiary/aromatic N) is 1. The van der Waals surface area contributed by atoms with Crippen LogP contribution in [-0.2, 0) is 19.1 Å². The average Bonchev–Trinajstić information content (AvgIpc) is 3.65. The minimum atomic E-state index is -0.379. The Morgan fingerprint density at radius 1 is 0.912 bits per heavy atom. The van der Waals surface area contributed by atoms with Crippen molar-refractivity contribution in [2.75, 3.05) is 13.7 Å². The van der Waals surface area contributed by atoms with E-state index < -0.39 is 0 Å². The molecule has 7 nitrogen and oxygen atoms in total. The van der Waals surface area contributed by atoms with E-state index in [0.29, 0.717) is 48.8 Å². The topological polar surface area (TPSA) is 90.0 Å². The van der Waals surface area contributed by atoms with Gasteiger partial charge in [0.1, 0.15) is 5.75 Å². The zero-order valence-corrected chi connectivity index (χ0v) is 19.2. The van der Waals surface area contributed by atoms with Gasteiger partial charge in [0.05, 0.1) is 24.9 Å². The molecule has 6 aliphatic rings. The smallest absolute Gasteiger partial charge is 0.309 e. The van der Waals surface area contributed by atoms with Crippen LogP contribution in [0.1, 0.15) is 42.5 Å². The molecule has 0 unspecified atom stereocenters. The van der Waals surface area contributed by atoms with E-state index in [1.54, 1.807) is 36.3 Å². The van der Waals surface area contributed by atoms with Crippen molar-refractivity contribution in [3.63, 3.8) is 0 Å². The number of rotatable bonds is 6. The molecule has 0 radical (unpaired) electrons. The first kappa shape index (κ1) is 21.6. The highest BCUT2D eigenvalue weighted by atomic mass is 16.5. The highest BCUT2D eigenvalue weighted by molar-refractivity contribution is 6.06. The van der Waals surface area contributed by atoms with E-state index in [1.165, 1.54) is 0 Å². The van der Waals surface area contributed by atoms with Crippen molar-refractivity contribution >= 4 is 23.6 Å². The molecule has 1 aromatic carbocycles. The second-order valence-electron chi connectivity index (χ2n) is 10.5. The number of carbonyl (C=O) groups excluding carboxylic acids is 4. The highest BCUT2D eigenvalue weighted by Crippen LogP contribution is 2.65. The van der Waals surface area contributed by atoms with Gasteiger partial charge >= 0.3 is 5.97 Å². The third kappa shape index (κ3) is 3.31. The lowest BCUT2D eigenvalue weighted by molar-refractivity contribution is -0.149. The van der Waals surface area contributed by atoms with Crippen LogP contribution in [0, 0.1) is 41.4 Å². The van der Waals surface area contributed by atoms with E-state index in [-0.39, 0.29) is 65.8 Å². The van der Waals surface area contributed by atoms with Crippen molar-refractivity contribution in [2.24, 2.45) is 41.4 Å². The molecule has 0 N–H and O–H groups in total. The Balaban J connectivity index is 1.03. The second-order valence-corrected chi connectivity index (χ2v) is 10.5. The molecule has 2 bridgehead atoms. The first-order chi connectivity index (χ1) is 16.5. The minimum absolute atomic E-state index is 0.0100. The number of imide groups is 1. The van der Waals surface area contributed by atoms with Gasteiger partial charge in [-0.2, -0.15) is 0 Å². The number of carbonyl (C=O) groups is 4. The summed E-state index contributed by atoms with van der Waals surface area (Å²) in [6.07, 6.45) is 7.87. The number of hydrogen-bond donors (Lipinski definition) is 0. The number of hydrogen-bond acceptors (Lipinski definition) is 6. The monoisotopic (exact) mass is 463 g/mol. The summed E-state index contributed by atoms with van der Waals surface area (Å²) in [6, 6.07) is 6.54. The van der Waals surface area contributed by atoms with Gasteiger partial charge in [-0.15, -0.1) is 0 Å². The summed E-state index contributed by atoms with van der Waals surface area (Å²) in [7, 11) is 1.55. The van der Waals surface area contributed by atoms with Crippen molar-refractivity contribution < 1.29 is 28.7 Å². The van der Waals surface area contributed by atoms with Crippen LogP contribution in [0.4, 0.5) is 0 Å². The lowest BCUT2D eigenvalue weighted by Crippen LogP contribution is -2.44. The van der Waals surface area contributed by atoms with Crippen LogP contribution in [0.15, 0.2) is 36.4 Å². The van der Waals surface area contributed by atoms with Crippen molar-refractivity contribution in [3.05, 3.63) is 42.0 Å². The molecule has 1 aliphatic heterocycles. The zero-order valence-electron chi connectivity index (χ0n) is 19.2. The molecule has 0 aromatic heterocycles. The maximum Gasteiger partial charge on any atom is 0.309 e. The van der Waals surface area contributed by atoms with Gasteiger partial charge in [-0.05, 0) is 80.0 Å². The molecule has 5 aliphatic carbocycles. The summed E-state index contributed by atoms with van der Waals surface area (Å²) in [5.74, 6) is 1.05. The molecule has 1 heterocycles. The lowest BCUT2D eigenvalue weighted by atomic mass is 9.63. The quantitative estimate of drug-likeness (QED) is 0.279. The van der Waals surface area contributed by atoms with Crippen LogP contribution in [0.25, 0.3) is 0 Å². The fourth-order valence-electron chi connectivity index (χ4n) is 7.02. The van der Waals surface area contributed by atoms with Gasteiger partial charge in [-0.3, -0.25) is 24.1 Å². The van der Waals surface area contributed by atoms with E-state index in [9.17, 15) is 19.2 Å². The Bertz CT molecular complexity index is 1030. The SMILES string of the molecule is COc1ccc(C(=O)COC(=O)C2CCC(N3C(=O)[C@@H]4[C@H]5C=C[C@H]([C@H]6C[C@H]56)[C@@H]4C3=O)CC2)cc1. The maximum absolute atomic E-state index is 13.3.